The summed E-state index contributed by atoms with van der Waals surface area (Å²) >= 11 is 13.3. The van der Waals surface area contributed by atoms with Crippen LogP contribution in [0.15, 0.2) is 24.4 Å². The van der Waals surface area contributed by atoms with Gasteiger partial charge in [-0.05, 0) is 44.2 Å². The molecule has 0 unspecified atom stereocenters. The first kappa shape index (κ1) is 29.0. The van der Waals surface area contributed by atoms with Gasteiger partial charge in [-0.1, -0.05) is 30.1 Å². The lowest BCUT2D eigenvalue weighted by Gasteiger charge is -2.23. The SMILES string of the molecule is CCCOCC.COc1cc(OC)c(Cl)c(-c2cc3cnc(N)cc3c(NCC3CCOCC3)n2)c1Cl. The quantitative estimate of drug-likeness (QED) is 0.292. The van der Waals surface area contributed by atoms with Gasteiger partial charge in [0, 0.05) is 61.6 Å². The number of halogens is 2. The lowest BCUT2D eigenvalue weighted by molar-refractivity contribution is 0.0699. The molecule has 202 valence electrons. The van der Waals surface area contributed by atoms with Gasteiger partial charge >= 0.3 is 0 Å². The number of ether oxygens (including phenoxy) is 4. The topological polar surface area (TPSA) is 101 Å². The average Bonchev–Trinajstić information content (AvgIpc) is 2.92. The molecular weight excluding hydrogens is 515 g/mol. The number of nitrogen functional groups attached to an aromatic ring is 1. The van der Waals surface area contributed by atoms with Crippen molar-refractivity contribution in [1.82, 2.24) is 9.97 Å². The first-order valence-electron chi connectivity index (χ1n) is 12.5. The van der Waals surface area contributed by atoms with Crippen LogP contribution in [0.1, 0.15) is 33.1 Å². The molecule has 2 aromatic heterocycles. The molecular formula is C27H36Cl2N4O4. The van der Waals surface area contributed by atoms with Gasteiger partial charge in [0.05, 0.1) is 30.0 Å². The molecule has 0 amide bonds. The molecule has 0 saturated carbocycles. The Kier molecular flexibility index (Phi) is 11.3. The molecule has 8 nitrogen and oxygen atoms in total. The largest absolute Gasteiger partial charge is 0.495 e. The van der Waals surface area contributed by atoms with E-state index in [1.807, 2.05) is 19.1 Å². The number of fused-ring (bicyclic) bond motifs is 1. The molecule has 4 rings (SSSR count). The average molecular weight is 552 g/mol. The molecule has 10 heteroatoms. The molecule has 1 aliphatic rings. The highest BCUT2D eigenvalue weighted by molar-refractivity contribution is 6.41. The molecule has 3 aromatic rings. The van der Waals surface area contributed by atoms with Crippen LogP contribution in [0.4, 0.5) is 11.6 Å². The van der Waals surface area contributed by atoms with E-state index in [0.29, 0.717) is 50.4 Å². The zero-order valence-electron chi connectivity index (χ0n) is 21.9. The third-order valence-electron chi connectivity index (χ3n) is 6.02. The third-order valence-corrected chi connectivity index (χ3v) is 6.77. The Morgan fingerprint density at radius 2 is 1.73 bits per heavy atom. The summed E-state index contributed by atoms with van der Waals surface area (Å²) in [6.45, 7) is 8.23. The fourth-order valence-corrected chi connectivity index (χ4v) is 4.71. The molecule has 0 bridgehead atoms. The number of methoxy groups -OCH3 is 2. The molecule has 0 atom stereocenters. The number of benzene rings is 1. The Balaban J connectivity index is 0.000000568. The van der Waals surface area contributed by atoms with Gasteiger partial charge in [-0.3, -0.25) is 0 Å². The summed E-state index contributed by atoms with van der Waals surface area (Å²) in [7, 11) is 3.08. The van der Waals surface area contributed by atoms with E-state index in [1.165, 1.54) is 0 Å². The zero-order chi connectivity index (χ0) is 26.8. The minimum Gasteiger partial charge on any atom is -0.495 e. The fraction of sp³-hybridized carbons (Fsp3) is 0.481. The fourth-order valence-electron chi connectivity index (χ4n) is 4.02. The van der Waals surface area contributed by atoms with Crippen LogP contribution >= 0.6 is 23.2 Å². The molecule has 37 heavy (non-hydrogen) atoms. The van der Waals surface area contributed by atoms with E-state index in [1.54, 1.807) is 26.5 Å². The van der Waals surface area contributed by atoms with Crippen molar-refractivity contribution < 1.29 is 18.9 Å². The van der Waals surface area contributed by atoms with E-state index in [0.717, 1.165) is 63.0 Å². The summed E-state index contributed by atoms with van der Waals surface area (Å²) in [4.78, 5) is 9.10. The van der Waals surface area contributed by atoms with E-state index in [-0.39, 0.29) is 0 Å². The van der Waals surface area contributed by atoms with Crippen LogP contribution in [0.5, 0.6) is 11.5 Å². The zero-order valence-corrected chi connectivity index (χ0v) is 23.4. The maximum atomic E-state index is 6.63. The highest BCUT2D eigenvalue weighted by Crippen LogP contribution is 2.46. The predicted octanol–water partition coefficient (Wildman–Crippen LogP) is 6.47. The van der Waals surface area contributed by atoms with Crippen molar-refractivity contribution in [3.63, 3.8) is 0 Å². The lowest BCUT2D eigenvalue weighted by atomic mass is 10.0. The van der Waals surface area contributed by atoms with Crippen LogP contribution < -0.4 is 20.5 Å². The summed E-state index contributed by atoms with van der Waals surface area (Å²) in [5.74, 6) is 2.54. The first-order valence-corrected chi connectivity index (χ1v) is 13.2. The summed E-state index contributed by atoms with van der Waals surface area (Å²) in [6, 6.07) is 5.35. The number of nitrogens with zero attached hydrogens (tertiary/aromatic N) is 2. The van der Waals surface area contributed by atoms with Crippen LogP contribution in [-0.2, 0) is 9.47 Å². The molecule has 0 spiro atoms. The van der Waals surface area contributed by atoms with Crippen molar-refractivity contribution in [1.29, 1.82) is 0 Å². The van der Waals surface area contributed by atoms with Crippen molar-refractivity contribution in [3.8, 4) is 22.8 Å². The minimum absolute atomic E-state index is 0.360. The van der Waals surface area contributed by atoms with Gasteiger partial charge in [-0.2, -0.15) is 0 Å². The van der Waals surface area contributed by atoms with Crippen LogP contribution in [0.3, 0.4) is 0 Å². The second-order valence-corrected chi connectivity index (χ2v) is 9.36. The van der Waals surface area contributed by atoms with E-state index < -0.39 is 0 Å². The van der Waals surface area contributed by atoms with Gasteiger partial charge in [0.2, 0.25) is 0 Å². The van der Waals surface area contributed by atoms with Gasteiger partial charge in [-0.15, -0.1) is 0 Å². The maximum absolute atomic E-state index is 6.63. The molecule has 1 aromatic carbocycles. The Hall–Kier alpha value is -2.52. The van der Waals surface area contributed by atoms with E-state index in [4.69, 9.17) is 52.9 Å². The van der Waals surface area contributed by atoms with E-state index in [2.05, 4.69) is 17.2 Å². The van der Waals surface area contributed by atoms with E-state index in [9.17, 15) is 0 Å². The van der Waals surface area contributed by atoms with Crippen LogP contribution in [0.25, 0.3) is 22.0 Å². The van der Waals surface area contributed by atoms with Crippen molar-refractivity contribution >= 4 is 45.6 Å². The number of nitrogens with two attached hydrogens (primary N) is 1. The van der Waals surface area contributed by atoms with Crippen molar-refractivity contribution in [2.24, 2.45) is 5.92 Å². The first-order chi connectivity index (χ1) is 17.9. The highest BCUT2D eigenvalue weighted by Gasteiger charge is 2.22. The number of anilines is 2. The van der Waals surface area contributed by atoms with Gasteiger partial charge in [-0.25, -0.2) is 9.97 Å². The second kappa shape index (κ2) is 14.4. The van der Waals surface area contributed by atoms with E-state index >= 15 is 0 Å². The Bertz CT molecular complexity index is 1140. The predicted molar refractivity (Wildman–Crippen MR) is 151 cm³/mol. The van der Waals surface area contributed by atoms with Crippen LogP contribution in [0, 0.1) is 5.92 Å². The summed E-state index contributed by atoms with van der Waals surface area (Å²) in [5, 5.41) is 5.96. The van der Waals surface area contributed by atoms with Crippen LogP contribution in [-0.4, -0.2) is 57.2 Å². The smallest absolute Gasteiger partial charge is 0.141 e. The number of aromatic nitrogens is 2. The molecule has 3 heterocycles. The molecule has 1 fully saturated rings. The summed E-state index contributed by atoms with van der Waals surface area (Å²) < 4.78 is 21.3. The molecule has 3 N–H and O–H groups in total. The number of pyridine rings is 2. The Labute approximate surface area is 228 Å². The number of rotatable bonds is 9. The molecule has 1 saturated heterocycles. The summed E-state index contributed by atoms with van der Waals surface area (Å²) in [6.07, 6.45) is 4.88. The Morgan fingerprint density at radius 3 is 2.30 bits per heavy atom. The Morgan fingerprint density at radius 1 is 1.05 bits per heavy atom. The van der Waals surface area contributed by atoms with Crippen molar-refractivity contribution in [2.75, 3.05) is 58.2 Å². The number of hydrogen-bond acceptors (Lipinski definition) is 8. The normalized spacial score (nSPS) is 13.7. The van der Waals surface area contributed by atoms with Gasteiger partial charge in [0.1, 0.15) is 23.1 Å². The maximum Gasteiger partial charge on any atom is 0.141 e. The highest BCUT2D eigenvalue weighted by atomic mass is 35.5. The van der Waals surface area contributed by atoms with Crippen molar-refractivity contribution in [3.05, 3.63) is 34.4 Å². The van der Waals surface area contributed by atoms with Crippen LogP contribution in [0.2, 0.25) is 10.0 Å². The second-order valence-electron chi connectivity index (χ2n) is 8.60. The lowest BCUT2D eigenvalue weighted by Crippen LogP contribution is -2.23. The number of nitrogens with one attached hydrogen (secondary N) is 1. The monoisotopic (exact) mass is 550 g/mol. The summed E-state index contributed by atoms with van der Waals surface area (Å²) in [5.41, 5.74) is 7.07. The minimum atomic E-state index is 0.360. The van der Waals surface area contributed by atoms with Gasteiger partial charge < -0.3 is 30.0 Å². The van der Waals surface area contributed by atoms with Gasteiger partial charge in [0.25, 0.3) is 0 Å². The molecule has 0 aliphatic carbocycles. The number of hydrogen-bond donors (Lipinski definition) is 2. The van der Waals surface area contributed by atoms with Gasteiger partial charge in [0.15, 0.2) is 0 Å². The third kappa shape index (κ3) is 7.51. The molecule has 1 aliphatic heterocycles. The van der Waals surface area contributed by atoms with Crippen molar-refractivity contribution in [2.45, 2.75) is 33.1 Å². The standard InChI is InChI=1S/C22H24Cl2N4O3.C5H12O/c1-29-16-9-17(30-2)21(24)19(20(16)23)15-7-13-11-26-18(25)8-14(13)22(28-15)27-10-12-3-5-31-6-4-12;1-3-5-6-4-2/h7-9,11-12H,3-6,10H2,1-2H3,(H2,25,26)(H,27,28);3-5H2,1-2H3. The molecule has 0 radical (unpaired) electrons.